The lowest BCUT2D eigenvalue weighted by molar-refractivity contribution is -0.168. The Hall–Kier alpha value is -1.80. The molecule has 2 N–H and O–H groups in total. The number of carbonyl (C=O) groups is 3. The molecule has 0 bridgehead atoms. The van der Waals surface area contributed by atoms with Crippen LogP contribution in [0.5, 0.6) is 0 Å². The molecule has 0 aromatic carbocycles. The Morgan fingerprint density at radius 2 is 1.63 bits per heavy atom. The summed E-state index contributed by atoms with van der Waals surface area (Å²) in [7, 11) is 0. The predicted octanol–water partition coefficient (Wildman–Crippen LogP) is 0.573. The molecule has 0 aromatic rings. The van der Waals surface area contributed by atoms with E-state index in [0.717, 1.165) is 4.90 Å². The second-order valence-electron chi connectivity index (χ2n) is 4.31. The number of carboxylic acids is 2. The summed E-state index contributed by atoms with van der Waals surface area (Å²) in [6.07, 6.45) is -6.51. The third kappa shape index (κ3) is 4.11. The molecule has 1 fully saturated rings. The van der Waals surface area contributed by atoms with E-state index in [1.807, 2.05) is 0 Å². The number of likely N-dealkylation sites (tertiary alicyclic amines) is 1. The van der Waals surface area contributed by atoms with Crippen molar-refractivity contribution in [3.63, 3.8) is 0 Å². The lowest BCUT2D eigenvalue weighted by Crippen LogP contribution is -2.49. The van der Waals surface area contributed by atoms with Crippen LogP contribution in [0.3, 0.4) is 0 Å². The first-order valence-corrected chi connectivity index (χ1v) is 5.42. The van der Waals surface area contributed by atoms with Crippen molar-refractivity contribution in [3.8, 4) is 0 Å². The van der Waals surface area contributed by atoms with Gasteiger partial charge in [0, 0.05) is 13.1 Å². The molecule has 1 aliphatic rings. The van der Waals surface area contributed by atoms with E-state index in [1.165, 1.54) is 0 Å². The zero-order valence-corrected chi connectivity index (χ0v) is 9.68. The average Bonchev–Trinajstić information content (AvgIpc) is 2.25. The van der Waals surface area contributed by atoms with Gasteiger partial charge in [0.25, 0.3) is 0 Å². The third-order valence-electron chi connectivity index (χ3n) is 2.95. The van der Waals surface area contributed by atoms with Gasteiger partial charge in [-0.05, 0) is 6.42 Å². The molecule has 9 heteroatoms. The third-order valence-corrected chi connectivity index (χ3v) is 2.95. The van der Waals surface area contributed by atoms with Crippen LogP contribution in [0, 0.1) is 11.8 Å². The van der Waals surface area contributed by atoms with Gasteiger partial charge >= 0.3 is 18.1 Å². The maximum atomic E-state index is 12.1. The number of carboxylic acid groups (broad SMARTS) is 2. The molecule has 108 valence electrons. The number of nitrogens with zero attached hydrogens (tertiary/aromatic N) is 1. The number of halogens is 3. The predicted molar refractivity (Wildman–Crippen MR) is 54.1 cm³/mol. The number of hydrogen-bond acceptors (Lipinski definition) is 3. The van der Waals surface area contributed by atoms with Gasteiger partial charge < -0.3 is 15.1 Å². The number of alkyl halides is 3. The van der Waals surface area contributed by atoms with Crippen LogP contribution in [-0.4, -0.2) is 52.2 Å². The number of carbonyl (C=O) groups excluding carboxylic acids is 1. The van der Waals surface area contributed by atoms with E-state index in [-0.39, 0.29) is 13.0 Å². The molecule has 1 amide bonds. The van der Waals surface area contributed by atoms with Crippen LogP contribution in [-0.2, 0) is 14.4 Å². The van der Waals surface area contributed by atoms with Crippen LogP contribution in [0.2, 0.25) is 0 Å². The van der Waals surface area contributed by atoms with Gasteiger partial charge in [-0.15, -0.1) is 0 Å². The van der Waals surface area contributed by atoms with Gasteiger partial charge in [-0.2, -0.15) is 13.2 Å². The summed E-state index contributed by atoms with van der Waals surface area (Å²) in [6, 6.07) is 0. The molecular formula is C10H12F3NO5. The summed E-state index contributed by atoms with van der Waals surface area (Å²) in [4.78, 5) is 33.8. The molecule has 0 radical (unpaired) electrons. The summed E-state index contributed by atoms with van der Waals surface area (Å²) in [5.74, 6) is -6.56. The van der Waals surface area contributed by atoms with Crippen LogP contribution >= 0.6 is 0 Å². The smallest absolute Gasteiger partial charge is 0.397 e. The van der Waals surface area contributed by atoms with Crippen molar-refractivity contribution in [1.29, 1.82) is 0 Å². The summed E-state index contributed by atoms with van der Waals surface area (Å²) < 4.78 is 36.2. The standard InChI is InChI=1S/C10H12F3NO5/c11-10(12,13)3-7(15)14-2-1-5(8(16)17)6(4-14)9(18)19/h5-6H,1-4H2,(H,16,17)(H,18,19). The minimum Gasteiger partial charge on any atom is -0.481 e. The summed E-state index contributed by atoms with van der Waals surface area (Å²) in [5.41, 5.74) is 0. The average molecular weight is 283 g/mol. The Balaban J connectivity index is 2.74. The molecule has 2 unspecified atom stereocenters. The van der Waals surface area contributed by atoms with Crippen molar-refractivity contribution < 1.29 is 37.8 Å². The molecule has 2 atom stereocenters. The van der Waals surface area contributed by atoms with Crippen molar-refractivity contribution in [3.05, 3.63) is 0 Å². The Morgan fingerprint density at radius 3 is 2.05 bits per heavy atom. The minimum atomic E-state index is -4.67. The molecule has 1 rings (SSSR count). The number of aliphatic carboxylic acids is 2. The Morgan fingerprint density at radius 1 is 1.11 bits per heavy atom. The summed E-state index contributed by atoms with van der Waals surface area (Å²) in [5, 5.41) is 17.7. The highest BCUT2D eigenvalue weighted by molar-refractivity contribution is 5.82. The Bertz CT molecular complexity index is 395. The molecule has 0 spiro atoms. The fourth-order valence-electron chi connectivity index (χ4n) is 2.01. The lowest BCUT2D eigenvalue weighted by atomic mass is 9.85. The van der Waals surface area contributed by atoms with E-state index in [2.05, 4.69) is 0 Å². The van der Waals surface area contributed by atoms with E-state index in [9.17, 15) is 27.6 Å². The monoisotopic (exact) mass is 283 g/mol. The molecule has 6 nitrogen and oxygen atoms in total. The fraction of sp³-hybridized carbons (Fsp3) is 0.700. The molecule has 19 heavy (non-hydrogen) atoms. The van der Waals surface area contributed by atoms with E-state index in [1.54, 1.807) is 0 Å². The lowest BCUT2D eigenvalue weighted by Gasteiger charge is -2.34. The molecule has 0 aromatic heterocycles. The first-order valence-electron chi connectivity index (χ1n) is 5.42. The first-order chi connectivity index (χ1) is 8.61. The topological polar surface area (TPSA) is 94.9 Å². The quantitative estimate of drug-likeness (QED) is 0.789. The SMILES string of the molecule is O=C(O)C1CCN(C(=O)CC(F)(F)F)CC1C(=O)O. The van der Waals surface area contributed by atoms with Crippen LogP contribution in [0.4, 0.5) is 13.2 Å². The van der Waals surface area contributed by atoms with Gasteiger partial charge in [-0.1, -0.05) is 0 Å². The zero-order chi connectivity index (χ0) is 14.8. The van der Waals surface area contributed by atoms with Crippen molar-refractivity contribution in [2.75, 3.05) is 13.1 Å². The van der Waals surface area contributed by atoms with Gasteiger partial charge in [0.05, 0.1) is 11.8 Å². The zero-order valence-electron chi connectivity index (χ0n) is 9.68. The van der Waals surface area contributed by atoms with Crippen molar-refractivity contribution in [2.24, 2.45) is 11.8 Å². The van der Waals surface area contributed by atoms with Gasteiger partial charge in [0.1, 0.15) is 6.42 Å². The number of amides is 1. The van der Waals surface area contributed by atoms with Gasteiger partial charge in [-0.25, -0.2) is 0 Å². The maximum Gasteiger partial charge on any atom is 0.397 e. The van der Waals surface area contributed by atoms with Gasteiger partial charge in [0.15, 0.2) is 0 Å². The molecule has 0 aliphatic carbocycles. The summed E-state index contributed by atoms with van der Waals surface area (Å²) in [6.45, 7) is -0.698. The second-order valence-corrected chi connectivity index (χ2v) is 4.31. The number of piperidine rings is 1. The molecule has 1 heterocycles. The van der Waals surface area contributed by atoms with Crippen LogP contribution in [0.1, 0.15) is 12.8 Å². The van der Waals surface area contributed by atoms with Crippen LogP contribution in [0.25, 0.3) is 0 Å². The van der Waals surface area contributed by atoms with E-state index >= 15 is 0 Å². The highest BCUT2D eigenvalue weighted by atomic mass is 19.4. The largest absolute Gasteiger partial charge is 0.481 e. The van der Waals surface area contributed by atoms with Crippen LogP contribution < -0.4 is 0 Å². The molecule has 0 saturated carbocycles. The van der Waals surface area contributed by atoms with Crippen molar-refractivity contribution in [1.82, 2.24) is 4.90 Å². The van der Waals surface area contributed by atoms with E-state index in [4.69, 9.17) is 10.2 Å². The van der Waals surface area contributed by atoms with E-state index < -0.39 is 48.8 Å². The number of rotatable bonds is 3. The maximum absolute atomic E-state index is 12.1. The normalized spacial score (nSPS) is 24.1. The second kappa shape index (κ2) is 5.45. The van der Waals surface area contributed by atoms with Crippen LogP contribution in [0.15, 0.2) is 0 Å². The summed E-state index contributed by atoms with van der Waals surface area (Å²) >= 11 is 0. The first kappa shape index (κ1) is 15.3. The molecule has 1 aliphatic heterocycles. The molecule has 1 saturated heterocycles. The Labute approximate surface area is 105 Å². The minimum absolute atomic E-state index is 0.171. The van der Waals surface area contributed by atoms with Crippen molar-refractivity contribution in [2.45, 2.75) is 19.0 Å². The van der Waals surface area contributed by atoms with Crippen molar-refractivity contribution >= 4 is 17.8 Å². The molecular weight excluding hydrogens is 271 g/mol. The Kier molecular flexibility index (Phi) is 4.38. The fourth-order valence-corrected chi connectivity index (χ4v) is 2.01. The van der Waals surface area contributed by atoms with E-state index in [0.29, 0.717) is 0 Å². The van der Waals surface area contributed by atoms with Gasteiger partial charge in [-0.3, -0.25) is 14.4 Å². The highest BCUT2D eigenvalue weighted by Crippen LogP contribution is 2.27. The highest BCUT2D eigenvalue weighted by Gasteiger charge is 2.42. The van der Waals surface area contributed by atoms with Gasteiger partial charge in [0.2, 0.25) is 5.91 Å². The number of hydrogen-bond donors (Lipinski definition) is 2.